The summed E-state index contributed by atoms with van der Waals surface area (Å²) in [7, 11) is -1.88. The van der Waals surface area contributed by atoms with Gasteiger partial charge in [-0.15, -0.1) is 0 Å². The van der Waals surface area contributed by atoms with Crippen molar-refractivity contribution in [1.82, 2.24) is 4.72 Å². The van der Waals surface area contributed by atoms with Crippen molar-refractivity contribution in [1.29, 1.82) is 0 Å². The van der Waals surface area contributed by atoms with Crippen molar-refractivity contribution < 1.29 is 13.2 Å². The van der Waals surface area contributed by atoms with Crippen LogP contribution in [0.3, 0.4) is 0 Å². The van der Waals surface area contributed by atoms with Crippen LogP contribution in [0.5, 0.6) is 5.75 Å². The molecule has 0 unspecified atom stereocenters. The molecule has 0 spiro atoms. The summed E-state index contributed by atoms with van der Waals surface area (Å²) in [5.74, 6) is 0.950. The fourth-order valence-electron chi connectivity index (χ4n) is 1.80. The Labute approximate surface area is 109 Å². The molecule has 0 aromatic heterocycles. The van der Waals surface area contributed by atoms with Gasteiger partial charge >= 0.3 is 0 Å². The summed E-state index contributed by atoms with van der Waals surface area (Å²) in [5, 5.41) is 0. The van der Waals surface area contributed by atoms with Gasteiger partial charge in [0.05, 0.1) is 12.0 Å². The summed E-state index contributed by atoms with van der Waals surface area (Å²) in [6.07, 6.45) is 0. The normalized spacial score (nSPS) is 11.9. The lowest BCUT2D eigenvalue weighted by Crippen LogP contribution is -2.28. The van der Waals surface area contributed by atoms with Gasteiger partial charge < -0.3 is 4.74 Å². The fraction of sp³-hybridized carbons (Fsp3) is 0.538. The average Bonchev–Trinajstić information content (AvgIpc) is 2.25. The van der Waals surface area contributed by atoms with Gasteiger partial charge in [0.15, 0.2) is 0 Å². The van der Waals surface area contributed by atoms with Crippen molar-refractivity contribution in [3.8, 4) is 5.75 Å². The number of rotatable bonds is 5. The van der Waals surface area contributed by atoms with Crippen LogP contribution in [-0.4, -0.2) is 22.1 Å². The summed E-state index contributed by atoms with van der Waals surface area (Å²) in [6, 6.07) is 3.47. The van der Waals surface area contributed by atoms with Gasteiger partial charge in [-0.1, -0.05) is 13.8 Å². The zero-order valence-corrected chi connectivity index (χ0v) is 12.4. The van der Waals surface area contributed by atoms with Gasteiger partial charge in [0.25, 0.3) is 0 Å². The second kappa shape index (κ2) is 5.71. The zero-order chi connectivity index (χ0) is 13.9. The Balaban J connectivity index is 3.17. The summed E-state index contributed by atoms with van der Waals surface area (Å²) < 4.78 is 32.2. The lowest BCUT2D eigenvalue weighted by atomic mass is 10.1. The van der Waals surface area contributed by atoms with Crippen LogP contribution in [0.1, 0.15) is 25.0 Å². The van der Waals surface area contributed by atoms with Crippen LogP contribution in [-0.2, 0) is 10.0 Å². The number of aryl methyl sites for hydroxylation is 2. The first-order chi connectivity index (χ1) is 8.27. The highest BCUT2D eigenvalue weighted by molar-refractivity contribution is 7.89. The Morgan fingerprint density at radius 2 is 1.72 bits per heavy atom. The minimum atomic E-state index is -3.45. The molecule has 1 aromatic rings. The van der Waals surface area contributed by atoms with Gasteiger partial charge in [-0.3, -0.25) is 0 Å². The van der Waals surface area contributed by atoms with Crippen LogP contribution in [0.15, 0.2) is 17.0 Å². The quantitative estimate of drug-likeness (QED) is 0.893. The van der Waals surface area contributed by atoms with Crippen LogP contribution >= 0.6 is 0 Å². The topological polar surface area (TPSA) is 55.4 Å². The third-order valence-corrected chi connectivity index (χ3v) is 4.35. The molecule has 4 nitrogen and oxygen atoms in total. The molecule has 0 bridgehead atoms. The Bertz CT molecular complexity index is 498. The predicted molar refractivity (Wildman–Crippen MR) is 72.5 cm³/mol. The number of benzene rings is 1. The molecule has 0 heterocycles. The van der Waals surface area contributed by atoms with Gasteiger partial charge in [0.2, 0.25) is 10.0 Å². The van der Waals surface area contributed by atoms with Gasteiger partial charge in [0, 0.05) is 6.54 Å². The SMILES string of the molecule is COc1cc(C)c(S(=O)(=O)NCC(C)C)c(C)c1. The minimum absolute atomic E-state index is 0.277. The summed E-state index contributed by atoms with van der Waals surface area (Å²) in [6.45, 7) is 7.93. The fourth-order valence-corrected chi connectivity index (χ4v) is 3.46. The molecule has 0 radical (unpaired) electrons. The summed E-state index contributed by atoms with van der Waals surface area (Å²) in [5.41, 5.74) is 1.39. The van der Waals surface area contributed by atoms with Gasteiger partial charge in [-0.05, 0) is 43.0 Å². The van der Waals surface area contributed by atoms with E-state index in [1.54, 1.807) is 33.1 Å². The van der Waals surface area contributed by atoms with E-state index in [0.717, 1.165) is 0 Å². The number of hydrogen-bond acceptors (Lipinski definition) is 3. The van der Waals surface area contributed by atoms with E-state index in [1.807, 2.05) is 13.8 Å². The lowest BCUT2D eigenvalue weighted by molar-refractivity contribution is 0.413. The maximum atomic E-state index is 12.2. The summed E-state index contributed by atoms with van der Waals surface area (Å²) in [4.78, 5) is 0.351. The van der Waals surface area contributed by atoms with E-state index >= 15 is 0 Å². The maximum Gasteiger partial charge on any atom is 0.241 e. The second-order valence-corrected chi connectivity index (χ2v) is 6.54. The average molecular weight is 271 g/mol. The Morgan fingerprint density at radius 3 is 2.11 bits per heavy atom. The van der Waals surface area contributed by atoms with Crippen molar-refractivity contribution >= 4 is 10.0 Å². The number of hydrogen-bond donors (Lipinski definition) is 1. The minimum Gasteiger partial charge on any atom is -0.497 e. The Kier molecular flexibility index (Phi) is 4.76. The highest BCUT2D eigenvalue weighted by atomic mass is 32.2. The van der Waals surface area contributed by atoms with Crippen LogP contribution < -0.4 is 9.46 Å². The summed E-state index contributed by atoms with van der Waals surface area (Å²) >= 11 is 0. The molecule has 0 amide bonds. The maximum absolute atomic E-state index is 12.2. The number of ether oxygens (including phenoxy) is 1. The molecule has 102 valence electrons. The van der Waals surface area contributed by atoms with Crippen LogP contribution in [0.4, 0.5) is 0 Å². The molecule has 0 aliphatic heterocycles. The van der Waals surface area contributed by atoms with Crippen molar-refractivity contribution in [3.05, 3.63) is 23.3 Å². The van der Waals surface area contributed by atoms with Crippen molar-refractivity contribution in [2.75, 3.05) is 13.7 Å². The largest absolute Gasteiger partial charge is 0.497 e. The smallest absolute Gasteiger partial charge is 0.241 e. The van der Waals surface area contributed by atoms with E-state index in [1.165, 1.54) is 0 Å². The number of nitrogens with one attached hydrogen (secondary N) is 1. The predicted octanol–water partition coefficient (Wildman–Crippen LogP) is 2.25. The first-order valence-corrected chi connectivity index (χ1v) is 7.41. The van der Waals surface area contributed by atoms with Gasteiger partial charge in [-0.25, -0.2) is 13.1 Å². The second-order valence-electron chi connectivity index (χ2n) is 4.84. The standard InChI is InChI=1S/C13H21NO3S/c1-9(2)8-14-18(15,16)13-10(3)6-12(17-5)7-11(13)4/h6-7,9,14H,8H2,1-5H3. The van der Waals surface area contributed by atoms with Gasteiger partial charge in [0.1, 0.15) is 5.75 Å². The molecule has 1 aromatic carbocycles. The van der Waals surface area contributed by atoms with E-state index in [-0.39, 0.29) is 5.92 Å². The molecule has 0 aliphatic carbocycles. The first kappa shape index (κ1) is 15.0. The number of sulfonamides is 1. The highest BCUT2D eigenvalue weighted by Crippen LogP contribution is 2.25. The van der Waals surface area contributed by atoms with Crippen molar-refractivity contribution in [3.63, 3.8) is 0 Å². The first-order valence-electron chi connectivity index (χ1n) is 5.93. The molecule has 5 heteroatoms. The molecule has 0 saturated heterocycles. The van der Waals surface area contributed by atoms with E-state index in [4.69, 9.17) is 4.74 Å². The van der Waals surface area contributed by atoms with E-state index in [2.05, 4.69) is 4.72 Å². The van der Waals surface area contributed by atoms with Crippen LogP contribution in [0.2, 0.25) is 0 Å². The van der Waals surface area contributed by atoms with Crippen LogP contribution in [0, 0.1) is 19.8 Å². The molecule has 0 aliphatic rings. The monoisotopic (exact) mass is 271 g/mol. The highest BCUT2D eigenvalue weighted by Gasteiger charge is 2.20. The Hall–Kier alpha value is -1.07. The van der Waals surface area contributed by atoms with E-state index < -0.39 is 10.0 Å². The molecular weight excluding hydrogens is 250 g/mol. The molecule has 1 N–H and O–H groups in total. The molecular formula is C13H21NO3S. The molecule has 0 fully saturated rings. The molecule has 0 atom stereocenters. The third-order valence-electron chi connectivity index (χ3n) is 2.62. The van der Waals surface area contributed by atoms with E-state index in [9.17, 15) is 8.42 Å². The molecule has 1 rings (SSSR count). The van der Waals surface area contributed by atoms with Crippen molar-refractivity contribution in [2.24, 2.45) is 5.92 Å². The van der Waals surface area contributed by atoms with Gasteiger partial charge in [-0.2, -0.15) is 0 Å². The number of methoxy groups -OCH3 is 1. The molecule has 0 saturated carbocycles. The lowest BCUT2D eigenvalue weighted by Gasteiger charge is -2.14. The van der Waals surface area contributed by atoms with E-state index in [0.29, 0.717) is 28.3 Å². The van der Waals surface area contributed by atoms with Crippen LogP contribution in [0.25, 0.3) is 0 Å². The molecule has 18 heavy (non-hydrogen) atoms. The third kappa shape index (κ3) is 3.46. The van der Waals surface area contributed by atoms with Crippen molar-refractivity contribution in [2.45, 2.75) is 32.6 Å². The Morgan fingerprint density at radius 1 is 1.22 bits per heavy atom. The zero-order valence-electron chi connectivity index (χ0n) is 11.6.